The number of hydrogen-bond donors (Lipinski definition) is 3. The van der Waals surface area contributed by atoms with E-state index in [2.05, 4.69) is 27.9 Å². The van der Waals surface area contributed by atoms with E-state index >= 15 is 0 Å². The lowest BCUT2D eigenvalue weighted by molar-refractivity contribution is -0.147. The van der Waals surface area contributed by atoms with Crippen LogP contribution in [0.25, 0.3) is 11.1 Å². The quantitative estimate of drug-likeness (QED) is 0.451. The summed E-state index contributed by atoms with van der Waals surface area (Å²) in [7, 11) is 1.56. The second-order valence-electron chi connectivity index (χ2n) is 8.89. The van der Waals surface area contributed by atoms with Gasteiger partial charge in [-0.25, -0.2) is 4.79 Å². The lowest BCUT2D eigenvalue weighted by Gasteiger charge is -2.23. The number of ether oxygens (including phenoxy) is 1. The minimum atomic E-state index is -1.07. The van der Waals surface area contributed by atoms with Gasteiger partial charge in [0, 0.05) is 25.6 Å². The van der Waals surface area contributed by atoms with Crippen molar-refractivity contribution in [2.45, 2.75) is 26.2 Å². The summed E-state index contributed by atoms with van der Waals surface area (Å²) in [4.78, 5) is 36.5. The van der Waals surface area contributed by atoms with Crippen molar-refractivity contribution in [1.82, 2.24) is 15.1 Å². The average molecular weight is 477 g/mol. The fourth-order valence-electron chi connectivity index (χ4n) is 4.20. The normalized spacial score (nSPS) is 13.9. The first-order valence-electron chi connectivity index (χ1n) is 11.4. The summed E-state index contributed by atoms with van der Waals surface area (Å²) in [5.74, 6) is -1.38. The van der Waals surface area contributed by atoms with Crippen LogP contribution in [0.3, 0.4) is 0 Å². The van der Waals surface area contributed by atoms with Crippen molar-refractivity contribution >= 4 is 23.8 Å². The van der Waals surface area contributed by atoms with Crippen LogP contribution in [0, 0.1) is 5.41 Å². The third kappa shape index (κ3) is 4.75. The van der Waals surface area contributed by atoms with Crippen molar-refractivity contribution < 1.29 is 24.2 Å². The van der Waals surface area contributed by atoms with Crippen LogP contribution < -0.4 is 10.6 Å². The maximum absolute atomic E-state index is 12.6. The van der Waals surface area contributed by atoms with Crippen molar-refractivity contribution in [2.75, 3.05) is 18.5 Å². The number of aromatic nitrogens is 2. The molecule has 2 aromatic carbocycles. The van der Waals surface area contributed by atoms with Gasteiger partial charge in [-0.1, -0.05) is 55.5 Å². The van der Waals surface area contributed by atoms with Crippen LogP contribution >= 0.6 is 0 Å². The first-order valence-corrected chi connectivity index (χ1v) is 11.4. The molecule has 1 unspecified atom stereocenters. The van der Waals surface area contributed by atoms with Crippen molar-refractivity contribution in [3.63, 3.8) is 0 Å². The molecule has 4 rings (SSSR count). The molecule has 0 spiro atoms. The van der Waals surface area contributed by atoms with Gasteiger partial charge in [0.2, 0.25) is 0 Å². The van der Waals surface area contributed by atoms with Gasteiger partial charge in [-0.2, -0.15) is 5.10 Å². The number of fused-ring (bicyclic) bond motifs is 3. The van der Waals surface area contributed by atoms with Gasteiger partial charge >= 0.3 is 12.1 Å². The maximum atomic E-state index is 12.6. The van der Waals surface area contributed by atoms with Gasteiger partial charge < -0.3 is 15.2 Å². The highest BCUT2D eigenvalue weighted by atomic mass is 16.5. The molecule has 2 amide bonds. The number of carboxylic acids is 1. The Morgan fingerprint density at radius 1 is 1.09 bits per heavy atom. The van der Waals surface area contributed by atoms with Gasteiger partial charge in [0.05, 0.1) is 5.41 Å². The van der Waals surface area contributed by atoms with Gasteiger partial charge in [0.1, 0.15) is 12.3 Å². The molecule has 0 saturated heterocycles. The van der Waals surface area contributed by atoms with E-state index in [9.17, 15) is 19.5 Å². The zero-order valence-corrected chi connectivity index (χ0v) is 19.9. The third-order valence-corrected chi connectivity index (χ3v) is 6.62. The monoisotopic (exact) mass is 476 g/mol. The predicted octanol–water partition coefficient (Wildman–Crippen LogP) is 4.01. The molecule has 0 bridgehead atoms. The summed E-state index contributed by atoms with van der Waals surface area (Å²) in [6, 6.07) is 17.5. The number of carbonyl (C=O) groups is 3. The summed E-state index contributed by atoms with van der Waals surface area (Å²) in [6.45, 7) is 3.45. The molecule has 1 aromatic heterocycles. The predicted molar refractivity (Wildman–Crippen MR) is 130 cm³/mol. The third-order valence-electron chi connectivity index (χ3n) is 6.62. The first kappa shape index (κ1) is 24.0. The molecule has 1 atom stereocenters. The van der Waals surface area contributed by atoms with Crippen LogP contribution in [-0.4, -0.2) is 46.0 Å². The fraction of sp³-hybridized carbons (Fsp3) is 0.308. The molecule has 0 aliphatic heterocycles. The number of benzene rings is 2. The summed E-state index contributed by atoms with van der Waals surface area (Å²) in [5.41, 5.74) is 3.61. The van der Waals surface area contributed by atoms with Crippen LogP contribution in [0.1, 0.15) is 47.8 Å². The number of aliphatic carboxylic acids is 1. The zero-order valence-electron chi connectivity index (χ0n) is 19.9. The topological polar surface area (TPSA) is 123 Å². The van der Waals surface area contributed by atoms with Crippen LogP contribution in [-0.2, 0) is 16.6 Å². The SMILES string of the molecule is CCC(C)(CNC(=O)c1cc(NC(=O)OCC2c3ccccc3-c3ccccc32)nn1C)C(=O)O. The molecule has 1 heterocycles. The molecule has 182 valence electrons. The summed E-state index contributed by atoms with van der Waals surface area (Å²) in [6.07, 6.45) is -0.316. The Morgan fingerprint density at radius 2 is 1.69 bits per heavy atom. The number of amides is 2. The van der Waals surface area contributed by atoms with Gasteiger partial charge in [-0.15, -0.1) is 0 Å². The Kier molecular flexibility index (Phi) is 6.59. The maximum Gasteiger partial charge on any atom is 0.412 e. The summed E-state index contributed by atoms with van der Waals surface area (Å²) in [5, 5.41) is 18.7. The largest absolute Gasteiger partial charge is 0.481 e. The lowest BCUT2D eigenvalue weighted by atomic mass is 9.88. The van der Waals surface area contributed by atoms with E-state index in [-0.39, 0.29) is 30.6 Å². The summed E-state index contributed by atoms with van der Waals surface area (Å²) >= 11 is 0. The number of anilines is 1. The summed E-state index contributed by atoms with van der Waals surface area (Å²) < 4.78 is 6.84. The van der Waals surface area contributed by atoms with Gasteiger partial charge in [-0.05, 0) is 35.6 Å². The number of rotatable bonds is 8. The molecule has 0 saturated carbocycles. The molecule has 35 heavy (non-hydrogen) atoms. The fourth-order valence-corrected chi connectivity index (χ4v) is 4.20. The number of carboxylic acid groups (broad SMARTS) is 1. The Labute approximate surface area is 203 Å². The van der Waals surface area contributed by atoms with Gasteiger partial charge in [0.15, 0.2) is 5.82 Å². The highest BCUT2D eigenvalue weighted by molar-refractivity contribution is 5.95. The minimum absolute atomic E-state index is 0.0298. The standard InChI is InChI=1S/C26H28N4O5/c1-4-26(2,24(32)33)15-27-23(31)21-13-22(29-30(21)3)28-25(34)35-14-20-18-11-7-5-9-16(18)17-10-6-8-12-19(17)20/h5-13,20H,4,14-15H2,1-3H3,(H,27,31)(H,32,33)(H,28,29,34). The van der Waals surface area contributed by atoms with Gasteiger partial charge in [-0.3, -0.25) is 19.6 Å². The molecule has 1 aliphatic carbocycles. The van der Waals surface area contributed by atoms with Crippen LogP contribution in [0.15, 0.2) is 54.6 Å². The van der Waals surface area contributed by atoms with Crippen molar-refractivity contribution in [2.24, 2.45) is 12.5 Å². The Hall–Kier alpha value is -4.14. The van der Waals surface area contributed by atoms with E-state index in [1.807, 2.05) is 36.4 Å². The number of hydrogen-bond acceptors (Lipinski definition) is 5. The molecule has 9 heteroatoms. The highest BCUT2D eigenvalue weighted by Gasteiger charge is 2.32. The molecule has 0 fully saturated rings. The average Bonchev–Trinajstić information content (AvgIpc) is 3.38. The van der Waals surface area contributed by atoms with E-state index in [0.29, 0.717) is 6.42 Å². The Bertz CT molecular complexity index is 1240. The van der Waals surface area contributed by atoms with Crippen LogP contribution in [0.2, 0.25) is 0 Å². The number of nitrogens with zero attached hydrogens (tertiary/aromatic N) is 2. The van der Waals surface area contributed by atoms with Crippen molar-refractivity contribution in [3.8, 4) is 11.1 Å². The van der Waals surface area contributed by atoms with Crippen molar-refractivity contribution in [3.05, 3.63) is 71.4 Å². The Balaban J connectivity index is 1.38. The van der Waals surface area contributed by atoms with E-state index in [4.69, 9.17) is 4.74 Å². The molecule has 9 nitrogen and oxygen atoms in total. The van der Waals surface area contributed by atoms with E-state index < -0.39 is 23.4 Å². The molecular weight excluding hydrogens is 448 g/mol. The van der Waals surface area contributed by atoms with Crippen molar-refractivity contribution in [1.29, 1.82) is 0 Å². The molecule has 3 aromatic rings. The first-order chi connectivity index (χ1) is 16.7. The minimum Gasteiger partial charge on any atom is -0.481 e. The van der Waals surface area contributed by atoms with E-state index in [1.54, 1.807) is 20.9 Å². The number of nitrogens with one attached hydrogen (secondary N) is 2. The number of carbonyl (C=O) groups excluding carboxylic acids is 2. The molecule has 3 N–H and O–H groups in total. The Morgan fingerprint density at radius 3 is 2.26 bits per heavy atom. The molecular formula is C26H28N4O5. The van der Waals surface area contributed by atoms with E-state index in [0.717, 1.165) is 22.3 Å². The zero-order chi connectivity index (χ0) is 25.2. The second-order valence-corrected chi connectivity index (χ2v) is 8.89. The second kappa shape index (κ2) is 9.61. The van der Waals surface area contributed by atoms with Crippen LogP contribution in [0.5, 0.6) is 0 Å². The smallest absolute Gasteiger partial charge is 0.412 e. The number of aryl methyl sites for hydroxylation is 1. The lowest BCUT2D eigenvalue weighted by Crippen LogP contribution is -2.41. The van der Waals surface area contributed by atoms with Gasteiger partial charge in [0.25, 0.3) is 5.91 Å². The van der Waals surface area contributed by atoms with Crippen LogP contribution in [0.4, 0.5) is 10.6 Å². The highest BCUT2D eigenvalue weighted by Crippen LogP contribution is 2.44. The molecule has 0 radical (unpaired) electrons. The molecule has 1 aliphatic rings. The van der Waals surface area contributed by atoms with E-state index in [1.165, 1.54) is 10.7 Å².